The van der Waals surface area contributed by atoms with Crippen molar-refractivity contribution in [3.05, 3.63) is 59.0 Å². The average Bonchev–Trinajstić information content (AvgIpc) is 3.28. The minimum absolute atomic E-state index is 0.00369. The first-order chi connectivity index (χ1) is 14.6. The Morgan fingerprint density at radius 3 is 2.73 bits per heavy atom. The van der Waals surface area contributed by atoms with E-state index >= 15 is 0 Å². The number of unbranched alkanes of at least 4 members (excludes halogenated alkanes) is 2. The lowest BCUT2D eigenvalue weighted by atomic mass is 9.77. The van der Waals surface area contributed by atoms with E-state index in [-0.39, 0.29) is 24.9 Å². The Morgan fingerprint density at radius 2 is 2.00 bits per heavy atom. The van der Waals surface area contributed by atoms with E-state index in [9.17, 15) is 15.0 Å². The van der Waals surface area contributed by atoms with E-state index < -0.39 is 12.0 Å². The monoisotopic (exact) mass is 414 g/mol. The van der Waals surface area contributed by atoms with Gasteiger partial charge in [0.2, 0.25) is 12.7 Å². The van der Waals surface area contributed by atoms with Gasteiger partial charge in [0.1, 0.15) is 11.2 Å². The summed E-state index contributed by atoms with van der Waals surface area (Å²) in [6.45, 7) is 6.23. The topological polar surface area (TPSA) is 92.1 Å². The van der Waals surface area contributed by atoms with E-state index in [1.54, 1.807) is 29.3 Å². The van der Waals surface area contributed by atoms with Gasteiger partial charge in [-0.3, -0.25) is 9.78 Å². The summed E-state index contributed by atoms with van der Waals surface area (Å²) >= 11 is 0. The van der Waals surface area contributed by atoms with E-state index in [1.165, 1.54) is 0 Å². The van der Waals surface area contributed by atoms with Gasteiger partial charge in [-0.25, -0.2) is 0 Å². The van der Waals surface area contributed by atoms with Crippen LogP contribution in [0.1, 0.15) is 52.1 Å². The molecule has 3 aliphatic rings. The number of carbonyl (C=O) groups excluding carboxylic acids is 1. The minimum Gasteiger partial charge on any atom is -0.512 e. The van der Waals surface area contributed by atoms with Gasteiger partial charge < -0.3 is 24.6 Å². The number of amides is 1. The molecule has 0 bridgehead atoms. The number of hydrogen-bond donors (Lipinski definition) is 2. The minimum atomic E-state index is -1.46. The van der Waals surface area contributed by atoms with Crippen LogP contribution in [0.4, 0.5) is 5.69 Å². The molecule has 3 heterocycles. The first-order valence-electron chi connectivity index (χ1n) is 10.6. The second-order valence-corrected chi connectivity index (χ2v) is 7.15. The van der Waals surface area contributed by atoms with Gasteiger partial charge in [-0.2, -0.15) is 0 Å². The molecule has 1 aromatic heterocycles. The number of hydrogen-bond acceptors (Lipinski definition) is 6. The van der Waals surface area contributed by atoms with Gasteiger partial charge in [0.15, 0.2) is 11.5 Å². The summed E-state index contributed by atoms with van der Waals surface area (Å²) in [6.07, 6.45) is 7.99. The van der Waals surface area contributed by atoms with Crippen LogP contribution in [0.2, 0.25) is 0 Å². The third kappa shape index (κ3) is 3.47. The number of anilines is 1. The van der Waals surface area contributed by atoms with Gasteiger partial charge in [-0.05, 0) is 30.7 Å². The summed E-state index contributed by atoms with van der Waals surface area (Å²) < 4.78 is 10.9. The molecule has 7 heteroatoms. The molecule has 30 heavy (non-hydrogen) atoms. The van der Waals surface area contributed by atoms with Gasteiger partial charge in [0.05, 0.1) is 18.0 Å². The fourth-order valence-electron chi connectivity index (χ4n) is 4.05. The number of ether oxygens (including phenoxy) is 2. The van der Waals surface area contributed by atoms with Crippen molar-refractivity contribution in [1.82, 2.24) is 4.98 Å². The number of carbonyl (C=O) groups is 1. The number of rotatable bonds is 6. The number of fused-ring (bicyclic) bond motifs is 2. The van der Waals surface area contributed by atoms with E-state index in [1.807, 2.05) is 19.9 Å². The second kappa shape index (κ2) is 9.34. The van der Waals surface area contributed by atoms with Crippen molar-refractivity contribution in [3.8, 4) is 0 Å². The quantitative estimate of drug-likeness (QED) is 0.687. The fraction of sp³-hybridized carbons (Fsp3) is 0.478. The molecule has 2 N–H and O–H groups in total. The molecule has 162 valence electrons. The standard InChI is InChI=1S/C21H24N2O5.C2H6/c1-2-3-4-10-23-15-6-5-9-22-19(15)21(12-24,20(23)26)14-11-18-17(27-13-28-18)8-7-16(14)25;1-2/h5-6,8-9,11,24-25H,2-4,7,10,12-13H2,1H3;1-2H3. The molecule has 0 radical (unpaired) electrons. The Kier molecular flexibility index (Phi) is 6.82. The third-order valence-corrected chi connectivity index (χ3v) is 5.51. The van der Waals surface area contributed by atoms with Crippen LogP contribution < -0.4 is 4.90 Å². The van der Waals surface area contributed by atoms with Gasteiger partial charge in [-0.15, -0.1) is 0 Å². The third-order valence-electron chi connectivity index (χ3n) is 5.51. The zero-order valence-electron chi connectivity index (χ0n) is 17.9. The Morgan fingerprint density at radius 1 is 1.23 bits per heavy atom. The summed E-state index contributed by atoms with van der Waals surface area (Å²) in [6, 6.07) is 3.61. The number of aliphatic hydroxyl groups is 2. The van der Waals surface area contributed by atoms with Crippen LogP contribution in [0.5, 0.6) is 0 Å². The molecular formula is C23H30N2O5. The van der Waals surface area contributed by atoms with Crippen molar-refractivity contribution in [3.63, 3.8) is 0 Å². The summed E-state index contributed by atoms with van der Waals surface area (Å²) in [4.78, 5) is 19.8. The van der Waals surface area contributed by atoms with Crippen LogP contribution in [-0.4, -0.2) is 41.0 Å². The normalized spacial score (nSPS) is 22.1. The Hall–Kier alpha value is -2.80. The molecule has 0 aromatic carbocycles. The Balaban J connectivity index is 0.00000124. The van der Waals surface area contributed by atoms with Gasteiger partial charge in [0, 0.05) is 24.7 Å². The molecule has 7 nitrogen and oxygen atoms in total. The zero-order chi connectivity index (χ0) is 21.7. The Bertz CT molecular complexity index is 889. The lowest BCUT2D eigenvalue weighted by molar-refractivity contribution is -0.123. The zero-order valence-corrected chi connectivity index (χ0v) is 17.9. The first-order valence-corrected chi connectivity index (χ1v) is 10.6. The highest BCUT2D eigenvalue weighted by Gasteiger charge is 2.55. The van der Waals surface area contributed by atoms with Crippen molar-refractivity contribution in [2.24, 2.45) is 0 Å². The van der Waals surface area contributed by atoms with E-state index in [0.717, 1.165) is 19.3 Å². The molecule has 1 amide bonds. The molecule has 1 fully saturated rings. The molecule has 4 rings (SSSR count). The SMILES string of the molecule is CC.CCCCCN1C(=O)C(CO)(C2=C(O)CC=C3OCOC3=C2)c2ncccc21. The van der Waals surface area contributed by atoms with E-state index in [2.05, 4.69) is 11.9 Å². The highest BCUT2D eigenvalue weighted by molar-refractivity contribution is 6.10. The summed E-state index contributed by atoms with van der Waals surface area (Å²) in [5.41, 5.74) is -0.0170. The van der Waals surface area contributed by atoms with Crippen LogP contribution in [0.3, 0.4) is 0 Å². The summed E-state index contributed by atoms with van der Waals surface area (Å²) in [5.74, 6) is 0.694. The van der Waals surface area contributed by atoms with E-state index in [4.69, 9.17) is 9.47 Å². The van der Waals surface area contributed by atoms with Crippen molar-refractivity contribution in [2.45, 2.75) is 51.9 Å². The number of aromatic nitrogens is 1. The first kappa shape index (κ1) is 21.9. The maximum Gasteiger partial charge on any atom is 0.246 e. The van der Waals surface area contributed by atoms with Crippen molar-refractivity contribution in [2.75, 3.05) is 24.8 Å². The van der Waals surface area contributed by atoms with Crippen molar-refractivity contribution < 1.29 is 24.5 Å². The molecule has 1 saturated heterocycles. The molecule has 0 saturated carbocycles. The highest BCUT2D eigenvalue weighted by atomic mass is 16.7. The van der Waals surface area contributed by atoms with Gasteiger partial charge >= 0.3 is 0 Å². The molecular weight excluding hydrogens is 384 g/mol. The molecule has 1 aliphatic carbocycles. The lowest BCUT2D eigenvalue weighted by Crippen LogP contribution is -2.45. The summed E-state index contributed by atoms with van der Waals surface area (Å²) in [5, 5.41) is 21.2. The maximum absolute atomic E-state index is 13.6. The van der Waals surface area contributed by atoms with Crippen LogP contribution in [0, 0.1) is 0 Å². The van der Waals surface area contributed by atoms with Crippen molar-refractivity contribution in [1.29, 1.82) is 0 Å². The fourth-order valence-corrected chi connectivity index (χ4v) is 4.05. The number of aliphatic hydroxyl groups excluding tert-OH is 2. The number of nitrogens with zero attached hydrogens (tertiary/aromatic N) is 2. The molecule has 1 aromatic rings. The largest absolute Gasteiger partial charge is 0.512 e. The number of pyridine rings is 1. The maximum atomic E-state index is 13.6. The average molecular weight is 415 g/mol. The molecule has 1 unspecified atom stereocenters. The second-order valence-electron chi connectivity index (χ2n) is 7.15. The smallest absolute Gasteiger partial charge is 0.246 e. The van der Waals surface area contributed by atoms with Gasteiger partial charge in [-0.1, -0.05) is 33.6 Å². The van der Waals surface area contributed by atoms with E-state index in [0.29, 0.717) is 35.0 Å². The Labute approximate surface area is 177 Å². The van der Waals surface area contributed by atoms with Gasteiger partial charge in [0.25, 0.3) is 0 Å². The molecule has 1 atom stereocenters. The predicted molar refractivity (Wildman–Crippen MR) is 114 cm³/mol. The summed E-state index contributed by atoms with van der Waals surface area (Å²) in [7, 11) is 0. The predicted octanol–water partition coefficient (Wildman–Crippen LogP) is 3.86. The van der Waals surface area contributed by atoms with Crippen LogP contribution in [-0.2, 0) is 19.7 Å². The van der Waals surface area contributed by atoms with Crippen molar-refractivity contribution >= 4 is 11.6 Å². The number of allylic oxidation sites excluding steroid dienone is 2. The lowest BCUT2D eigenvalue weighted by Gasteiger charge is -2.28. The molecule has 0 spiro atoms. The molecule has 2 aliphatic heterocycles. The van der Waals surface area contributed by atoms with Crippen LogP contribution >= 0.6 is 0 Å². The highest BCUT2D eigenvalue weighted by Crippen LogP contribution is 2.48. The van der Waals surface area contributed by atoms with Crippen LogP contribution in [0.25, 0.3) is 0 Å². The van der Waals surface area contributed by atoms with Crippen LogP contribution in [0.15, 0.2) is 53.3 Å².